The lowest BCUT2D eigenvalue weighted by atomic mass is 9.99. The maximum atomic E-state index is 12.3. The first-order valence-corrected chi connectivity index (χ1v) is 6.89. The molecule has 5 nitrogen and oxygen atoms in total. The second-order valence-electron chi connectivity index (χ2n) is 4.94. The van der Waals surface area contributed by atoms with E-state index in [2.05, 4.69) is 0 Å². The third-order valence-corrected chi connectivity index (χ3v) is 3.44. The Labute approximate surface area is 131 Å². The molecule has 3 aromatic carbocycles. The normalized spacial score (nSPS) is 10.4. The van der Waals surface area contributed by atoms with Gasteiger partial charge in [0.2, 0.25) is 0 Å². The molecule has 0 heterocycles. The summed E-state index contributed by atoms with van der Waals surface area (Å²) in [5, 5.41) is 11.4. The van der Waals surface area contributed by atoms with Gasteiger partial charge in [0.25, 0.3) is 5.91 Å². The van der Waals surface area contributed by atoms with Crippen molar-refractivity contribution in [1.82, 2.24) is 0 Å². The molecular weight excluding hydrogens is 294 g/mol. The number of hydrogen-bond donors (Lipinski definition) is 2. The van der Waals surface area contributed by atoms with Crippen LogP contribution in [0.3, 0.4) is 0 Å². The van der Waals surface area contributed by atoms with E-state index in [0.717, 1.165) is 0 Å². The van der Waals surface area contributed by atoms with E-state index >= 15 is 0 Å². The van der Waals surface area contributed by atoms with E-state index in [-0.39, 0.29) is 11.1 Å². The Kier molecular flexibility index (Phi) is 3.68. The van der Waals surface area contributed by atoms with Crippen LogP contribution in [0, 0.1) is 0 Å². The lowest BCUT2D eigenvalue weighted by molar-refractivity contribution is 0.0732. The van der Waals surface area contributed by atoms with Gasteiger partial charge in [-0.2, -0.15) is 0 Å². The van der Waals surface area contributed by atoms with Gasteiger partial charge >= 0.3 is 5.97 Å². The first-order chi connectivity index (χ1) is 11.1. The number of rotatable bonds is 3. The molecule has 1 amide bonds. The van der Waals surface area contributed by atoms with E-state index in [1.54, 1.807) is 54.6 Å². The van der Waals surface area contributed by atoms with Gasteiger partial charge in [-0.15, -0.1) is 0 Å². The molecule has 3 aromatic rings. The summed E-state index contributed by atoms with van der Waals surface area (Å²) in [5.41, 5.74) is 5.15. The monoisotopic (exact) mass is 307 g/mol. The number of para-hydroxylation sites is 1. The Morgan fingerprint density at radius 2 is 1.61 bits per heavy atom. The van der Waals surface area contributed by atoms with Crippen molar-refractivity contribution in [2.24, 2.45) is 5.73 Å². The summed E-state index contributed by atoms with van der Waals surface area (Å²) < 4.78 is 5.21. The minimum atomic E-state index is -0.812. The van der Waals surface area contributed by atoms with Crippen LogP contribution in [-0.2, 0) is 0 Å². The number of phenols is 1. The van der Waals surface area contributed by atoms with Crippen molar-refractivity contribution in [3.8, 4) is 11.5 Å². The van der Waals surface area contributed by atoms with Gasteiger partial charge in [0, 0.05) is 0 Å². The third-order valence-electron chi connectivity index (χ3n) is 3.44. The van der Waals surface area contributed by atoms with Gasteiger partial charge in [-0.25, -0.2) is 4.79 Å². The molecular formula is C18H13NO4. The highest BCUT2D eigenvalue weighted by atomic mass is 16.5. The number of aromatic hydroxyl groups is 1. The number of nitrogens with two attached hydrogens (primary N) is 1. The van der Waals surface area contributed by atoms with Crippen LogP contribution in [0.1, 0.15) is 20.7 Å². The van der Waals surface area contributed by atoms with Crippen LogP contribution in [-0.4, -0.2) is 17.0 Å². The molecule has 0 aromatic heterocycles. The second-order valence-corrected chi connectivity index (χ2v) is 4.94. The SMILES string of the molecule is NC(=O)c1c(O)c(C(=O)Oc2ccccc2)cc2ccccc12. The largest absolute Gasteiger partial charge is 0.506 e. The van der Waals surface area contributed by atoms with Gasteiger partial charge in [0.15, 0.2) is 0 Å². The molecule has 3 N–H and O–H groups in total. The number of benzene rings is 3. The fourth-order valence-corrected chi connectivity index (χ4v) is 2.39. The lowest BCUT2D eigenvalue weighted by Crippen LogP contribution is -2.15. The third kappa shape index (κ3) is 2.72. The van der Waals surface area contributed by atoms with Crippen LogP contribution in [0.2, 0.25) is 0 Å². The average Bonchev–Trinajstić information content (AvgIpc) is 2.54. The molecule has 0 aliphatic heterocycles. The number of hydrogen-bond acceptors (Lipinski definition) is 4. The molecule has 114 valence electrons. The number of fused-ring (bicyclic) bond motifs is 1. The van der Waals surface area contributed by atoms with Crippen molar-refractivity contribution in [1.29, 1.82) is 0 Å². The highest BCUT2D eigenvalue weighted by molar-refractivity contribution is 6.12. The van der Waals surface area contributed by atoms with Gasteiger partial charge in [-0.05, 0) is 29.0 Å². The van der Waals surface area contributed by atoms with Crippen molar-refractivity contribution < 1.29 is 19.4 Å². The maximum Gasteiger partial charge on any atom is 0.347 e. The number of ether oxygens (including phenoxy) is 1. The second kappa shape index (κ2) is 5.81. The maximum absolute atomic E-state index is 12.3. The summed E-state index contributed by atoms with van der Waals surface area (Å²) in [4.78, 5) is 24.0. The summed E-state index contributed by atoms with van der Waals surface area (Å²) >= 11 is 0. The van der Waals surface area contributed by atoms with Crippen molar-refractivity contribution in [3.63, 3.8) is 0 Å². The van der Waals surface area contributed by atoms with E-state index in [1.807, 2.05) is 0 Å². The van der Waals surface area contributed by atoms with E-state index in [1.165, 1.54) is 6.07 Å². The summed E-state index contributed by atoms with van der Waals surface area (Å²) in [6, 6.07) is 16.8. The van der Waals surface area contributed by atoms with Gasteiger partial charge < -0.3 is 15.6 Å². The van der Waals surface area contributed by atoms with E-state index in [9.17, 15) is 14.7 Å². The van der Waals surface area contributed by atoms with E-state index in [0.29, 0.717) is 16.5 Å². The zero-order chi connectivity index (χ0) is 16.4. The summed E-state index contributed by atoms with van der Waals surface area (Å²) in [6.07, 6.45) is 0. The number of esters is 1. The molecule has 0 saturated carbocycles. The molecule has 23 heavy (non-hydrogen) atoms. The topological polar surface area (TPSA) is 89.6 Å². The minimum absolute atomic E-state index is 0.0943. The number of primary amides is 1. The number of carbonyl (C=O) groups is 2. The highest BCUT2D eigenvalue weighted by Gasteiger charge is 2.22. The zero-order valence-electron chi connectivity index (χ0n) is 12.0. The molecule has 0 saturated heterocycles. The standard InChI is InChI=1S/C18H13NO4/c19-17(21)15-13-9-5-4-6-11(13)10-14(16(15)20)18(22)23-12-7-2-1-3-8-12/h1-10,20H,(H2,19,21). The van der Waals surface area contributed by atoms with E-state index < -0.39 is 17.6 Å². The fraction of sp³-hybridized carbons (Fsp3) is 0. The zero-order valence-corrected chi connectivity index (χ0v) is 12.0. The predicted octanol–water partition coefficient (Wildman–Crippen LogP) is 2.86. The van der Waals surface area contributed by atoms with Gasteiger partial charge in [0.1, 0.15) is 17.1 Å². The van der Waals surface area contributed by atoms with Crippen LogP contribution in [0.5, 0.6) is 11.5 Å². The minimum Gasteiger partial charge on any atom is -0.506 e. The first kappa shape index (κ1) is 14.6. The van der Waals surface area contributed by atoms with Crippen molar-refractivity contribution in [2.75, 3.05) is 0 Å². The predicted molar refractivity (Wildman–Crippen MR) is 85.5 cm³/mol. The molecule has 0 unspecified atom stereocenters. The quantitative estimate of drug-likeness (QED) is 0.575. The molecule has 0 bridgehead atoms. The Bertz CT molecular complexity index is 904. The Morgan fingerprint density at radius 3 is 2.30 bits per heavy atom. The van der Waals surface area contributed by atoms with Crippen LogP contribution in [0.25, 0.3) is 10.8 Å². The lowest BCUT2D eigenvalue weighted by Gasteiger charge is -2.11. The molecule has 0 aliphatic rings. The van der Waals surface area contributed by atoms with Crippen LogP contribution >= 0.6 is 0 Å². The Balaban J connectivity index is 2.12. The molecule has 0 aliphatic carbocycles. The molecule has 3 rings (SSSR count). The van der Waals surface area contributed by atoms with Crippen molar-refractivity contribution in [2.45, 2.75) is 0 Å². The Morgan fingerprint density at radius 1 is 0.957 bits per heavy atom. The van der Waals surface area contributed by atoms with Crippen LogP contribution in [0.4, 0.5) is 0 Å². The summed E-state index contributed by atoms with van der Waals surface area (Å²) in [7, 11) is 0. The molecule has 0 radical (unpaired) electrons. The summed E-state index contributed by atoms with van der Waals surface area (Å²) in [5.74, 6) is -1.71. The van der Waals surface area contributed by atoms with Gasteiger partial charge in [0.05, 0.1) is 5.56 Å². The van der Waals surface area contributed by atoms with Gasteiger partial charge in [-0.3, -0.25) is 4.79 Å². The van der Waals surface area contributed by atoms with Crippen LogP contribution in [0.15, 0.2) is 60.7 Å². The first-order valence-electron chi connectivity index (χ1n) is 6.89. The highest BCUT2D eigenvalue weighted by Crippen LogP contribution is 2.31. The number of carbonyl (C=O) groups excluding carboxylic acids is 2. The molecule has 0 spiro atoms. The molecule has 0 fully saturated rings. The molecule has 5 heteroatoms. The summed E-state index contributed by atoms with van der Waals surface area (Å²) in [6.45, 7) is 0. The van der Waals surface area contributed by atoms with Crippen molar-refractivity contribution >= 4 is 22.6 Å². The average molecular weight is 307 g/mol. The smallest absolute Gasteiger partial charge is 0.347 e. The van der Waals surface area contributed by atoms with E-state index in [4.69, 9.17) is 10.5 Å². The molecule has 0 atom stereocenters. The number of amides is 1. The fourth-order valence-electron chi connectivity index (χ4n) is 2.39. The van der Waals surface area contributed by atoms with Gasteiger partial charge in [-0.1, -0.05) is 42.5 Å². The Hall–Kier alpha value is -3.34. The van der Waals surface area contributed by atoms with Crippen molar-refractivity contribution in [3.05, 3.63) is 71.8 Å². The van der Waals surface area contributed by atoms with Crippen LogP contribution < -0.4 is 10.5 Å².